The number of hydrogen-bond acceptors (Lipinski definition) is 6. The lowest BCUT2D eigenvalue weighted by Gasteiger charge is -2.31. The molecule has 2 atom stereocenters. The summed E-state index contributed by atoms with van der Waals surface area (Å²) in [4.78, 5) is 19.4. The van der Waals surface area contributed by atoms with E-state index in [4.69, 9.17) is 0 Å². The molecule has 3 rings (SSSR count). The van der Waals surface area contributed by atoms with E-state index in [2.05, 4.69) is 22.1 Å². The van der Waals surface area contributed by atoms with Gasteiger partial charge in [-0.15, -0.1) is 0 Å². The Morgan fingerprint density at radius 2 is 1.81 bits per heavy atom. The summed E-state index contributed by atoms with van der Waals surface area (Å²) in [5, 5.41) is 3.41. The number of pyridine rings is 1. The molecule has 1 N–H and O–H groups in total. The second-order valence-electron chi connectivity index (χ2n) is 8.06. The average Bonchev–Trinajstić information content (AvgIpc) is 2.80. The molecule has 0 unspecified atom stereocenters. The number of carbonyl (C=O) groups excluding carboxylic acids is 1. The zero-order chi connectivity index (χ0) is 23.1. The van der Waals surface area contributed by atoms with Gasteiger partial charge in [0.15, 0.2) is 0 Å². The van der Waals surface area contributed by atoms with Gasteiger partial charge in [0, 0.05) is 32.4 Å². The molecule has 2 heterocycles. The molecular formula is C23H32N4O3S2. The molecule has 1 aromatic heterocycles. The maximum absolute atomic E-state index is 12.8. The van der Waals surface area contributed by atoms with E-state index in [1.54, 1.807) is 12.1 Å². The van der Waals surface area contributed by atoms with Crippen LogP contribution >= 0.6 is 11.8 Å². The van der Waals surface area contributed by atoms with Crippen molar-refractivity contribution >= 4 is 27.7 Å². The lowest BCUT2D eigenvalue weighted by Crippen LogP contribution is -2.47. The normalized spacial score (nSPS) is 17.6. The van der Waals surface area contributed by atoms with Gasteiger partial charge in [0.05, 0.1) is 16.3 Å². The van der Waals surface area contributed by atoms with Crippen LogP contribution in [0.3, 0.4) is 0 Å². The quantitative estimate of drug-likeness (QED) is 0.560. The number of rotatable bonds is 9. The number of nitrogens with one attached hydrogen (secondary N) is 1. The Kier molecular flexibility index (Phi) is 8.70. The van der Waals surface area contributed by atoms with Crippen LogP contribution in [-0.2, 0) is 14.8 Å². The highest BCUT2D eigenvalue weighted by molar-refractivity contribution is 8.00. The third-order valence-corrected chi connectivity index (χ3v) is 8.50. The van der Waals surface area contributed by atoms with Gasteiger partial charge in [-0.2, -0.15) is 4.31 Å². The predicted octanol–water partition coefficient (Wildman–Crippen LogP) is 3.16. The van der Waals surface area contributed by atoms with Gasteiger partial charge in [-0.3, -0.25) is 4.79 Å². The summed E-state index contributed by atoms with van der Waals surface area (Å²) < 4.78 is 27.2. The molecule has 1 amide bonds. The maximum Gasteiger partial charge on any atom is 0.244 e. The summed E-state index contributed by atoms with van der Waals surface area (Å²) in [5.41, 5.74) is 1.09. The highest BCUT2D eigenvalue weighted by Crippen LogP contribution is 2.25. The highest BCUT2D eigenvalue weighted by Gasteiger charge is 2.28. The lowest BCUT2D eigenvalue weighted by molar-refractivity contribution is -0.121. The number of nitrogens with zero attached hydrogens (tertiary/aromatic N) is 3. The number of carbonyl (C=O) groups is 1. The first-order valence-electron chi connectivity index (χ1n) is 11.0. The van der Waals surface area contributed by atoms with Crippen molar-refractivity contribution in [3.05, 3.63) is 54.2 Å². The smallest absolute Gasteiger partial charge is 0.244 e. The Morgan fingerprint density at radius 3 is 2.41 bits per heavy atom. The Morgan fingerprint density at radius 1 is 1.12 bits per heavy atom. The topological polar surface area (TPSA) is 82.6 Å². The summed E-state index contributed by atoms with van der Waals surface area (Å²) in [5.74, 6) is -0.0618. The number of hydrogen-bond donors (Lipinski definition) is 1. The second kappa shape index (κ2) is 11.3. The van der Waals surface area contributed by atoms with Crippen molar-refractivity contribution in [3.8, 4) is 0 Å². The predicted molar refractivity (Wildman–Crippen MR) is 128 cm³/mol. The molecule has 32 heavy (non-hydrogen) atoms. The number of aromatic nitrogens is 1. The number of sulfonamides is 1. The largest absolute Gasteiger partial charge is 0.348 e. The Balaban J connectivity index is 1.61. The average molecular weight is 477 g/mol. The van der Waals surface area contributed by atoms with E-state index in [0.29, 0.717) is 18.1 Å². The SMILES string of the molecule is CCC[C@H](NC(=O)[C@@H](C)Sc1ccc(S(=O)(=O)N2CCN(C)CC2)cn1)c1ccccc1. The first kappa shape index (κ1) is 24.7. The minimum absolute atomic E-state index is 0.0270. The minimum Gasteiger partial charge on any atom is -0.348 e. The van der Waals surface area contributed by atoms with Gasteiger partial charge in [0.2, 0.25) is 15.9 Å². The first-order chi connectivity index (χ1) is 15.3. The molecule has 9 heteroatoms. The van der Waals surface area contributed by atoms with E-state index < -0.39 is 10.0 Å². The second-order valence-corrected chi connectivity index (χ2v) is 11.4. The van der Waals surface area contributed by atoms with Gasteiger partial charge in [0.1, 0.15) is 4.90 Å². The Hall–Kier alpha value is -1.94. The van der Waals surface area contributed by atoms with Crippen molar-refractivity contribution in [3.63, 3.8) is 0 Å². The zero-order valence-electron chi connectivity index (χ0n) is 18.9. The van der Waals surface area contributed by atoms with Crippen LogP contribution in [0.25, 0.3) is 0 Å². The van der Waals surface area contributed by atoms with Crippen molar-refractivity contribution in [2.24, 2.45) is 0 Å². The van der Waals surface area contributed by atoms with Crippen LogP contribution < -0.4 is 5.32 Å². The van der Waals surface area contributed by atoms with Crippen LogP contribution in [0.4, 0.5) is 0 Å². The van der Waals surface area contributed by atoms with Crippen LogP contribution in [0.1, 0.15) is 38.3 Å². The van der Waals surface area contributed by atoms with Crippen molar-refractivity contribution in [1.29, 1.82) is 0 Å². The van der Waals surface area contributed by atoms with Crippen LogP contribution in [0.5, 0.6) is 0 Å². The van der Waals surface area contributed by atoms with Gasteiger partial charge >= 0.3 is 0 Å². The van der Waals surface area contributed by atoms with E-state index in [1.165, 1.54) is 22.3 Å². The molecule has 0 aliphatic carbocycles. The van der Waals surface area contributed by atoms with E-state index in [0.717, 1.165) is 31.5 Å². The fourth-order valence-corrected chi connectivity index (χ4v) is 5.75. The Bertz CT molecular complexity index is 976. The first-order valence-corrected chi connectivity index (χ1v) is 13.3. The minimum atomic E-state index is -3.54. The molecule has 0 spiro atoms. The molecule has 174 valence electrons. The number of piperazine rings is 1. The number of likely N-dealkylation sites (N-methyl/N-ethyl adjacent to an activating group) is 1. The van der Waals surface area contributed by atoms with Crippen molar-refractivity contribution in [2.45, 2.75) is 47.9 Å². The maximum atomic E-state index is 12.8. The fraction of sp³-hybridized carbons (Fsp3) is 0.478. The van der Waals surface area contributed by atoms with Gasteiger partial charge in [-0.1, -0.05) is 55.4 Å². The van der Waals surface area contributed by atoms with Crippen LogP contribution in [0, 0.1) is 0 Å². The summed E-state index contributed by atoms with van der Waals surface area (Å²) in [6.07, 6.45) is 3.22. The summed E-state index contributed by atoms with van der Waals surface area (Å²) in [6.45, 7) is 6.33. The summed E-state index contributed by atoms with van der Waals surface area (Å²) in [7, 11) is -1.56. The summed E-state index contributed by atoms with van der Waals surface area (Å²) in [6, 6.07) is 13.2. The van der Waals surface area contributed by atoms with E-state index in [-0.39, 0.29) is 22.1 Å². The zero-order valence-corrected chi connectivity index (χ0v) is 20.5. The standard InChI is InChI=1S/C23H32N4O3S2/c1-4-8-21(19-9-6-5-7-10-19)25-23(28)18(2)31-22-12-11-20(17-24-22)32(29,30)27-15-13-26(3)14-16-27/h5-7,9-12,17-18,21H,4,8,13-16H2,1-3H3,(H,25,28)/t18-,21+/m1/s1. The molecule has 1 saturated heterocycles. The van der Waals surface area contributed by atoms with Gasteiger partial charge in [-0.05, 0) is 38.1 Å². The van der Waals surface area contributed by atoms with Crippen LogP contribution in [0.2, 0.25) is 0 Å². The molecule has 1 aromatic carbocycles. The van der Waals surface area contributed by atoms with Crippen molar-refractivity contribution in [2.75, 3.05) is 33.2 Å². The highest BCUT2D eigenvalue weighted by atomic mass is 32.2. The molecule has 1 fully saturated rings. The van der Waals surface area contributed by atoms with E-state index in [1.807, 2.05) is 44.3 Å². The molecule has 0 bridgehead atoms. The number of thioether (sulfide) groups is 1. The van der Waals surface area contributed by atoms with Crippen molar-refractivity contribution < 1.29 is 13.2 Å². The van der Waals surface area contributed by atoms with Crippen LogP contribution in [-0.4, -0.2) is 67.0 Å². The molecule has 7 nitrogen and oxygen atoms in total. The van der Waals surface area contributed by atoms with Gasteiger partial charge in [-0.25, -0.2) is 13.4 Å². The van der Waals surface area contributed by atoms with Gasteiger partial charge < -0.3 is 10.2 Å². The molecule has 1 aliphatic heterocycles. The monoisotopic (exact) mass is 476 g/mol. The van der Waals surface area contributed by atoms with E-state index in [9.17, 15) is 13.2 Å². The molecule has 1 aliphatic rings. The lowest BCUT2D eigenvalue weighted by atomic mass is 10.0. The number of benzene rings is 1. The van der Waals surface area contributed by atoms with Crippen molar-refractivity contribution in [1.82, 2.24) is 19.5 Å². The van der Waals surface area contributed by atoms with E-state index >= 15 is 0 Å². The molecular weight excluding hydrogens is 444 g/mol. The van der Waals surface area contributed by atoms with Crippen LogP contribution in [0.15, 0.2) is 58.6 Å². The van der Waals surface area contributed by atoms with Gasteiger partial charge in [0.25, 0.3) is 0 Å². The summed E-state index contributed by atoms with van der Waals surface area (Å²) >= 11 is 1.32. The number of amides is 1. The molecule has 0 saturated carbocycles. The third kappa shape index (κ3) is 6.31. The molecule has 2 aromatic rings. The third-order valence-electron chi connectivity index (χ3n) is 5.57. The molecule has 0 radical (unpaired) electrons. The Labute approximate surface area is 195 Å². The fourth-order valence-electron chi connectivity index (χ4n) is 3.59.